The number of aromatic amines is 2. The Kier molecular flexibility index (Phi) is 10.4. The van der Waals surface area contributed by atoms with Crippen molar-refractivity contribution in [3.63, 3.8) is 0 Å². The Balaban J connectivity index is 1.42. The predicted molar refractivity (Wildman–Crippen MR) is 179 cm³/mol. The molecule has 250 valence electrons. The maximum atomic E-state index is 14.1. The third-order valence-corrected chi connectivity index (χ3v) is 8.24. The average Bonchev–Trinajstić information content (AvgIpc) is 3.67. The van der Waals surface area contributed by atoms with Crippen LogP contribution in [-0.2, 0) is 38.4 Å². The molecule has 3 aromatic carbocycles. The lowest BCUT2D eigenvalue weighted by Gasteiger charge is -2.26. The fourth-order valence-electron chi connectivity index (χ4n) is 5.63. The highest BCUT2D eigenvalue weighted by atomic mass is 16.4. The molecular weight excluding hydrogens is 616 g/mol. The number of benzene rings is 3. The Bertz CT molecular complexity index is 1920. The van der Waals surface area contributed by atoms with E-state index in [0.29, 0.717) is 11.1 Å². The summed E-state index contributed by atoms with van der Waals surface area (Å²) in [6, 6.07) is 16.0. The minimum absolute atomic E-state index is 0.0259. The SMILES string of the molecule is CC(O)C(NC(=O)C(Cc1c[nH]c2ccccc12)NC(=O)C(Cc1c[nH]c2ccccc12)NC(=O)C(N)Cc1ccc(O)cc1)C(=O)O. The van der Waals surface area contributed by atoms with E-state index < -0.39 is 54.0 Å². The highest BCUT2D eigenvalue weighted by Gasteiger charge is 2.33. The van der Waals surface area contributed by atoms with Crippen LogP contribution in [0.2, 0.25) is 0 Å². The molecule has 2 aromatic heterocycles. The first kappa shape index (κ1) is 33.7. The standard InChI is InChI=1S/C35H38N6O7/c1-19(42)31(35(47)48)41-34(46)30(16-22-18-38-28-9-5-3-7-25(22)28)40-33(45)29(15-21-17-37-27-8-4-2-6-24(21)27)39-32(44)26(36)14-20-10-12-23(43)13-11-20/h2-13,17-19,26,29-31,37-38,42-43H,14-16,36H2,1H3,(H,39,44)(H,40,45)(H,41,46)(H,47,48). The summed E-state index contributed by atoms with van der Waals surface area (Å²) in [6.07, 6.45) is 2.18. The number of aromatic hydroxyl groups is 1. The Morgan fingerprint density at radius 2 is 1.19 bits per heavy atom. The van der Waals surface area contributed by atoms with Crippen molar-refractivity contribution >= 4 is 45.5 Å². The third kappa shape index (κ3) is 8.00. The number of amides is 3. The number of carbonyl (C=O) groups excluding carboxylic acids is 3. The number of hydrogen-bond donors (Lipinski definition) is 9. The minimum Gasteiger partial charge on any atom is -0.508 e. The van der Waals surface area contributed by atoms with Crippen LogP contribution in [0.3, 0.4) is 0 Å². The van der Waals surface area contributed by atoms with E-state index in [1.807, 2.05) is 48.5 Å². The second-order valence-corrected chi connectivity index (χ2v) is 11.8. The summed E-state index contributed by atoms with van der Waals surface area (Å²) in [5, 5.41) is 38.7. The molecule has 48 heavy (non-hydrogen) atoms. The highest BCUT2D eigenvalue weighted by molar-refractivity contribution is 5.95. The van der Waals surface area contributed by atoms with E-state index in [-0.39, 0.29) is 25.0 Å². The first-order valence-corrected chi connectivity index (χ1v) is 15.5. The number of H-pyrrole nitrogens is 2. The van der Waals surface area contributed by atoms with Crippen LogP contribution in [0.4, 0.5) is 0 Å². The molecule has 0 saturated carbocycles. The van der Waals surface area contributed by atoms with Gasteiger partial charge in [0.25, 0.3) is 0 Å². The summed E-state index contributed by atoms with van der Waals surface area (Å²) in [5.41, 5.74) is 10.00. The second kappa shape index (κ2) is 14.8. The molecule has 0 aliphatic rings. The van der Waals surface area contributed by atoms with Crippen LogP contribution >= 0.6 is 0 Å². The molecule has 2 heterocycles. The molecule has 5 atom stereocenters. The van der Waals surface area contributed by atoms with Gasteiger partial charge in [0.15, 0.2) is 6.04 Å². The van der Waals surface area contributed by atoms with Crippen LogP contribution in [0.15, 0.2) is 85.2 Å². The number of aromatic nitrogens is 2. The smallest absolute Gasteiger partial charge is 0.328 e. The van der Waals surface area contributed by atoms with Crippen LogP contribution < -0.4 is 21.7 Å². The van der Waals surface area contributed by atoms with Gasteiger partial charge < -0.3 is 47.0 Å². The van der Waals surface area contributed by atoms with Gasteiger partial charge in [0.05, 0.1) is 12.1 Å². The van der Waals surface area contributed by atoms with Crippen molar-refractivity contribution < 1.29 is 34.5 Å². The fourth-order valence-corrected chi connectivity index (χ4v) is 5.63. The lowest BCUT2D eigenvalue weighted by molar-refractivity contribution is -0.145. The van der Waals surface area contributed by atoms with Crippen molar-refractivity contribution in [1.29, 1.82) is 0 Å². The number of carboxylic acids is 1. The molecule has 13 heteroatoms. The largest absolute Gasteiger partial charge is 0.508 e. The summed E-state index contributed by atoms with van der Waals surface area (Å²) < 4.78 is 0. The minimum atomic E-state index is -1.63. The van der Waals surface area contributed by atoms with Gasteiger partial charge in [0.2, 0.25) is 17.7 Å². The van der Waals surface area contributed by atoms with Crippen LogP contribution in [0.5, 0.6) is 5.75 Å². The zero-order chi connectivity index (χ0) is 34.4. The summed E-state index contributed by atoms with van der Waals surface area (Å²) in [4.78, 5) is 59.1. The zero-order valence-corrected chi connectivity index (χ0v) is 26.1. The number of hydrogen-bond acceptors (Lipinski definition) is 7. The van der Waals surface area contributed by atoms with E-state index in [9.17, 15) is 34.5 Å². The number of phenolic OH excluding ortho intramolecular Hbond substituents is 1. The van der Waals surface area contributed by atoms with Crippen LogP contribution in [0.25, 0.3) is 21.8 Å². The molecule has 13 nitrogen and oxygen atoms in total. The molecule has 5 unspecified atom stereocenters. The van der Waals surface area contributed by atoms with Crippen molar-refractivity contribution in [3.8, 4) is 5.75 Å². The predicted octanol–water partition coefficient (Wildman–Crippen LogP) is 1.63. The van der Waals surface area contributed by atoms with E-state index in [1.54, 1.807) is 24.5 Å². The van der Waals surface area contributed by atoms with Gasteiger partial charge >= 0.3 is 5.97 Å². The molecule has 0 aliphatic heterocycles. The Hall–Kier alpha value is -5.66. The van der Waals surface area contributed by atoms with Crippen molar-refractivity contribution in [2.75, 3.05) is 0 Å². The maximum absolute atomic E-state index is 14.1. The Labute approximate surface area is 275 Å². The summed E-state index contributed by atoms with van der Waals surface area (Å²) in [6.45, 7) is 1.24. The quantitative estimate of drug-likeness (QED) is 0.0854. The zero-order valence-electron chi connectivity index (χ0n) is 26.1. The van der Waals surface area contributed by atoms with Gasteiger partial charge in [-0.1, -0.05) is 48.5 Å². The summed E-state index contributed by atoms with van der Waals surface area (Å²) >= 11 is 0. The first-order valence-electron chi connectivity index (χ1n) is 15.5. The van der Waals surface area contributed by atoms with Crippen LogP contribution in [0.1, 0.15) is 23.6 Å². The van der Waals surface area contributed by atoms with E-state index in [0.717, 1.165) is 27.4 Å². The van der Waals surface area contributed by atoms with Gasteiger partial charge in [-0.15, -0.1) is 0 Å². The van der Waals surface area contributed by atoms with E-state index in [1.165, 1.54) is 19.1 Å². The normalized spacial score (nSPS) is 14.5. The fraction of sp³-hybridized carbons (Fsp3) is 0.257. The number of carbonyl (C=O) groups is 4. The molecule has 5 rings (SSSR count). The Morgan fingerprint density at radius 3 is 1.69 bits per heavy atom. The number of aliphatic hydroxyl groups is 1. The van der Waals surface area contributed by atoms with Gasteiger partial charge in [0, 0.05) is 47.0 Å². The Morgan fingerprint density at radius 1 is 0.708 bits per heavy atom. The van der Waals surface area contributed by atoms with E-state index >= 15 is 0 Å². The topological polar surface area (TPSA) is 223 Å². The van der Waals surface area contributed by atoms with E-state index in [4.69, 9.17) is 5.73 Å². The van der Waals surface area contributed by atoms with Crippen molar-refractivity contribution in [2.45, 2.75) is 56.5 Å². The highest BCUT2D eigenvalue weighted by Crippen LogP contribution is 2.21. The molecule has 5 aromatic rings. The summed E-state index contributed by atoms with van der Waals surface area (Å²) in [7, 11) is 0. The van der Waals surface area contributed by atoms with Crippen molar-refractivity contribution in [3.05, 3.63) is 102 Å². The molecule has 0 saturated heterocycles. The number of fused-ring (bicyclic) bond motifs is 2. The number of nitrogens with one attached hydrogen (secondary N) is 5. The van der Waals surface area contributed by atoms with Gasteiger partial charge in [-0.05, 0) is 54.3 Å². The number of para-hydroxylation sites is 2. The molecule has 0 radical (unpaired) electrons. The number of nitrogens with two attached hydrogens (primary N) is 1. The number of carboxylic acid groups (broad SMARTS) is 1. The first-order chi connectivity index (χ1) is 23.0. The number of aliphatic carboxylic acids is 1. The van der Waals surface area contributed by atoms with Gasteiger partial charge in [-0.3, -0.25) is 14.4 Å². The molecular formula is C35H38N6O7. The maximum Gasteiger partial charge on any atom is 0.328 e. The number of aliphatic hydroxyl groups excluding tert-OH is 1. The summed E-state index contributed by atoms with van der Waals surface area (Å²) in [5.74, 6) is -3.51. The van der Waals surface area contributed by atoms with Crippen LogP contribution in [0, 0.1) is 0 Å². The molecule has 3 amide bonds. The van der Waals surface area contributed by atoms with Gasteiger partial charge in [0.1, 0.15) is 17.8 Å². The van der Waals surface area contributed by atoms with E-state index in [2.05, 4.69) is 25.9 Å². The lowest BCUT2D eigenvalue weighted by atomic mass is 10.0. The molecule has 0 aliphatic carbocycles. The average molecular weight is 655 g/mol. The third-order valence-electron chi connectivity index (χ3n) is 8.24. The second-order valence-electron chi connectivity index (χ2n) is 11.8. The number of rotatable bonds is 14. The van der Waals surface area contributed by atoms with Gasteiger partial charge in [-0.25, -0.2) is 4.79 Å². The van der Waals surface area contributed by atoms with Crippen LogP contribution in [-0.4, -0.2) is 79.2 Å². The number of phenols is 1. The monoisotopic (exact) mass is 654 g/mol. The lowest BCUT2D eigenvalue weighted by Crippen LogP contribution is -2.59. The van der Waals surface area contributed by atoms with Crippen molar-refractivity contribution in [1.82, 2.24) is 25.9 Å². The van der Waals surface area contributed by atoms with Crippen molar-refractivity contribution in [2.24, 2.45) is 5.73 Å². The molecule has 0 bridgehead atoms. The molecule has 10 N–H and O–H groups in total. The molecule has 0 fully saturated rings. The van der Waals surface area contributed by atoms with Gasteiger partial charge in [-0.2, -0.15) is 0 Å². The molecule has 0 spiro atoms.